The molecular formula is C34H31N3O4S. The van der Waals surface area contributed by atoms with Crippen molar-refractivity contribution in [1.82, 2.24) is 14.3 Å². The SMILES string of the molecule is COc1ccc(OC)c(-c2cn3c(CCN(Cc4ccco4)C(=O)C(c4ccccc4)c4ccccc4)csc3n2)c1. The summed E-state index contributed by atoms with van der Waals surface area (Å²) in [5, 5.41) is 2.11. The maximum atomic E-state index is 14.4. The van der Waals surface area contributed by atoms with Gasteiger partial charge in [0.15, 0.2) is 4.96 Å². The van der Waals surface area contributed by atoms with Crippen molar-refractivity contribution in [2.24, 2.45) is 0 Å². The van der Waals surface area contributed by atoms with Gasteiger partial charge in [-0.25, -0.2) is 4.98 Å². The van der Waals surface area contributed by atoms with Crippen molar-refractivity contribution in [3.63, 3.8) is 0 Å². The molecule has 8 heteroatoms. The lowest BCUT2D eigenvalue weighted by atomic mass is 9.90. The van der Waals surface area contributed by atoms with Gasteiger partial charge in [0, 0.05) is 35.8 Å². The quantitative estimate of drug-likeness (QED) is 0.165. The number of hydrogen-bond donors (Lipinski definition) is 0. The van der Waals surface area contributed by atoms with E-state index < -0.39 is 5.92 Å². The lowest BCUT2D eigenvalue weighted by Crippen LogP contribution is -2.36. The second-order valence-electron chi connectivity index (χ2n) is 9.92. The fourth-order valence-corrected chi connectivity index (χ4v) is 6.12. The van der Waals surface area contributed by atoms with Crippen molar-refractivity contribution in [2.75, 3.05) is 20.8 Å². The second kappa shape index (κ2) is 12.4. The third-order valence-electron chi connectivity index (χ3n) is 7.36. The number of fused-ring (bicyclic) bond motifs is 1. The van der Waals surface area contributed by atoms with E-state index >= 15 is 0 Å². The molecule has 0 saturated heterocycles. The van der Waals surface area contributed by atoms with Gasteiger partial charge in [0.2, 0.25) is 5.91 Å². The Bertz CT molecular complexity index is 1720. The number of amides is 1. The van der Waals surface area contributed by atoms with Gasteiger partial charge in [-0.05, 0) is 41.5 Å². The number of benzene rings is 3. The van der Waals surface area contributed by atoms with Gasteiger partial charge < -0.3 is 18.8 Å². The normalized spacial score (nSPS) is 11.2. The van der Waals surface area contributed by atoms with Crippen LogP contribution >= 0.6 is 11.3 Å². The minimum atomic E-state index is -0.426. The number of thiazole rings is 1. The zero-order chi connectivity index (χ0) is 28.9. The lowest BCUT2D eigenvalue weighted by molar-refractivity contribution is -0.132. The number of carbonyl (C=O) groups excluding carboxylic acids is 1. The third kappa shape index (κ3) is 5.66. The van der Waals surface area contributed by atoms with Gasteiger partial charge in [-0.15, -0.1) is 11.3 Å². The average Bonchev–Trinajstić information content (AvgIpc) is 3.79. The molecule has 1 amide bonds. The van der Waals surface area contributed by atoms with Crippen LogP contribution in [-0.2, 0) is 17.8 Å². The van der Waals surface area contributed by atoms with E-state index in [0.717, 1.165) is 50.3 Å². The Hall–Kier alpha value is -4.82. The molecule has 0 unspecified atom stereocenters. The molecule has 0 aliphatic carbocycles. The first-order chi connectivity index (χ1) is 20.6. The molecular weight excluding hydrogens is 546 g/mol. The molecule has 0 fully saturated rings. The molecule has 3 heterocycles. The number of methoxy groups -OCH3 is 2. The summed E-state index contributed by atoms with van der Waals surface area (Å²) in [6, 6.07) is 29.4. The molecule has 3 aromatic heterocycles. The highest BCUT2D eigenvalue weighted by atomic mass is 32.1. The number of imidazole rings is 1. The summed E-state index contributed by atoms with van der Waals surface area (Å²) in [5.41, 5.74) is 4.66. The maximum Gasteiger partial charge on any atom is 0.234 e. The first-order valence-corrected chi connectivity index (χ1v) is 14.6. The largest absolute Gasteiger partial charge is 0.497 e. The van der Waals surface area contributed by atoms with E-state index in [2.05, 4.69) is 9.78 Å². The minimum Gasteiger partial charge on any atom is -0.497 e. The van der Waals surface area contributed by atoms with E-state index in [9.17, 15) is 4.79 Å². The number of rotatable bonds is 11. The van der Waals surface area contributed by atoms with Crippen LogP contribution in [0.15, 0.2) is 113 Å². The van der Waals surface area contributed by atoms with Crippen LogP contribution in [-0.4, -0.2) is 41.0 Å². The van der Waals surface area contributed by atoms with Crippen molar-refractivity contribution in [3.05, 3.63) is 131 Å². The highest BCUT2D eigenvalue weighted by Gasteiger charge is 2.28. The number of aromatic nitrogens is 2. The molecule has 212 valence electrons. The Morgan fingerprint density at radius 3 is 2.33 bits per heavy atom. The predicted molar refractivity (Wildman–Crippen MR) is 164 cm³/mol. The Labute approximate surface area is 248 Å². The molecule has 3 aromatic carbocycles. The Kier molecular flexibility index (Phi) is 8.05. The average molecular weight is 578 g/mol. The van der Waals surface area contributed by atoms with E-state index in [4.69, 9.17) is 18.9 Å². The zero-order valence-electron chi connectivity index (χ0n) is 23.5. The second-order valence-corrected chi connectivity index (χ2v) is 10.8. The summed E-state index contributed by atoms with van der Waals surface area (Å²) in [4.78, 5) is 22.0. The van der Waals surface area contributed by atoms with Gasteiger partial charge in [-0.2, -0.15) is 0 Å². The monoisotopic (exact) mass is 577 g/mol. The molecule has 0 bridgehead atoms. The van der Waals surface area contributed by atoms with Crippen molar-refractivity contribution in [1.29, 1.82) is 0 Å². The number of carbonyl (C=O) groups is 1. The van der Waals surface area contributed by atoms with E-state index in [-0.39, 0.29) is 5.91 Å². The number of nitrogens with zero attached hydrogens (tertiary/aromatic N) is 3. The summed E-state index contributed by atoms with van der Waals surface area (Å²) in [5.74, 6) is 1.81. The molecule has 0 atom stereocenters. The summed E-state index contributed by atoms with van der Waals surface area (Å²) in [6.45, 7) is 0.892. The molecule has 0 spiro atoms. The van der Waals surface area contributed by atoms with Gasteiger partial charge in [0.25, 0.3) is 0 Å². The number of ether oxygens (including phenoxy) is 2. The van der Waals surface area contributed by atoms with Crippen LogP contribution in [0, 0.1) is 0 Å². The van der Waals surface area contributed by atoms with Crippen LogP contribution < -0.4 is 9.47 Å². The summed E-state index contributed by atoms with van der Waals surface area (Å²) in [7, 11) is 3.29. The summed E-state index contributed by atoms with van der Waals surface area (Å²) in [6.07, 6.45) is 4.31. The Morgan fingerprint density at radius 2 is 1.69 bits per heavy atom. The molecule has 6 rings (SSSR count). The molecule has 42 heavy (non-hydrogen) atoms. The predicted octanol–water partition coefficient (Wildman–Crippen LogP) is 7.08. The van der Waals surface area contributed by atoms with Crippen LogP contribution in [0.25, 0.3) is 16.2 Å². The first kappa shape index (κ1) is 27.4. The topological polar surface area (TPSA) is 69.2 Å². The maximum absolute atomic E-state index is 14.4. The Balaban J connectivity index is 1.30. The molecule has 0 saturated carbocycles. The molecule has 0 N–H and O–H groups in total. The van der Waals surface area contributed by atoms with Gasteiger partial charge in [0.1, 0.15) is 17.3 Å². The molecule has 6 aromatic rings. The summed E-state index contributed by atoms with van der Waals surface area (Å²) >= 11 is 1.58. The molecule has 0 radical (unpaired) electrons. The third-order valence-corrected chi connectivity index (χ3v) is 8.24. The minimum absolute atomic E-state index is 0.0303. The van der Waals surface area contributed by atoms with Gasteiger partial charge in [0.05, 0.1) is 38.6 Å². The lowest BCUT2D eigenvalue weighted by Gasteiger charge is -2.27. The van der Waals surface area contributed by atoms with Crippen molar-refractivity contribution < 1.29 is 18.7 Å². The zero-order valence-corrected chi connectivity index (χ0v) is 24.3. The summed E-state index contributed by atoms with van der Waals surface area (Å²) < 4.78 is 18.8. The molecule has 0 aliphatic heterocycles. The first-order valence-electron chi connectivity index (χ1n) is 13.7. The number of furan rings is 1. The van der Waals surface area contributed by atoms with E-state index in [1.165, 1.54) is 0 Å². The van der Waals surface area contributed by atoms with Crippen LogP contribution in [0.3, 0.4) is 0 Å². The molecule has 0 aliphatic rings. The smallest absolute Gasteiger partial charge is 0.234 e. The van der Waals surface area contributed by atoms with E-state index in [0.29, 0.717) is 19.5 Å². The van der Waals surface area contributed by atoms with Gasteiger partial charge in [-0.3, -0.25) is 9.20 Å². The van der Waals surface area contributed by atoms with Crippen LogP contribution in [0.4, 0.5) is 0 Å². The van der Waals surface area contributed by atoms with Crippen molar-refractivity contribution in [3.8, 4) is 22.8 Å². The molecule has 7 nitrogen and oxygen atoms in total. The van der Waals surface area contributed by atoms with E-state index in [1.54, 1.807) is 31.8 Å². The highest BCUT2D eigenvalue weighted by molar-refractivity contribution is 7.15. The van der Waals surface area contributed by atoms with E-state index in [1.807, 2.05) is 102 Å². The fraction of sp³-hybridized carbons (Fsp3) is 0.176. The van der Waals surface area contributed by atoms with Crippen molar-refractivity contribution >= 4 is 22.2 Å². The van der Waals surface area contributed by atoms with Gasteiger partial charge >= 0.3 is 0 Å². The number of hydrogen-bond acceptors (Lipinski definition) is 6. The van der Waals surface area contributed by atoms with Crippen LogP contribution in [0.5, 0.6) is 11.5 Å². The standard InChI is InChI=1S/C34H31N3O4S/c1-39-27-15-16-31(40-2)29(20-27)30-22-37-26(23-42-34(37)35-30)17-18-36(21-28-14-9-19-41-28)33(38)32(24-10-5-3-6-11-24)25-12-7-4-8-13-25/h3-16,19-20,22-23,32H,17-18,21H2,1-2H3. The van der Waals surface area contributed by atoms with Gasteiger partial charge in [-0.1, -0.05) is 60.7 Å². The van der Waals surface area contributed by atoms with Crippen LogP contribution in [0.1, 0.15) is 28.5 Å². The highest BCUT2D eigenvalue weighted by Crippen LogP contribution is 2.34. The van der Waals surface area contributed by atoms with Crippen LogP contribution in [0.2, 0.25) is 0 Å². The fourth-order valence-electron chi connectivity index (χ4n) is 5.21. The Morgan fingerprint density at radius 1 is 0.952 bits per heavy atom. The van der Waals surface area contributed by atoms with Crippen molar-refractivity contribution in [2.45, 2.75) is 18.9 Å².